The largest absolute Gasteiger partial charge is 0.418 e. The van der Waals surface area contributed by atoms with Crippen molar-refractivity contribution in [3.05, 3.63) is 53.9 Å². The Morgan fingerprint density at radius 2 is 1.67 bits per heavy atom. The van der Waals surface area contributed by atoms with Gasteiger partial charge in [0.1, 0.15) is 0 Å². The maximum atomic E-state index is 13.1. The van der Waals surface area contributed by atoms with Crippen molar-refractivity contribution in [1.29, 1.82) is 0 Å². The second-order valence-corrected chi connectivity index (χ2v) is 4.85. The van der Waals surface area contributed by atoms with Crippen LogP contribution in [0.4, 0.5) is 13.2 Å². The molecule has 0 saturated carbocycles. The van der Waals surface area contributed by atoms with Gasteiger partial charge in [-0.25, -0.2) is 0 Å². The number of nitrogens with zero attached hydrogens (tertiary/aromatic N) is 2. The fraction of sp³-hybridized carbons (Fsp3) is 0.375. The van der Waals surface area contributed by atoms with E-state index < -0.39 is 11.7 Å². The molecule has 2 nitrogen and oxygen atoms in total. The molecule has 0 fully saturated rings. The third-order valence-corrected chi connectivity index (χ3v) is 3.58. The number of para-hydroxylation sites is 1. The normalized spacial score (nSPS) is 12.1. The summed E-state index contributed by atoms with van der Waals surface area (Å²) in [7, 11) is 0. The highest BCUT2D eigenvalue weighted by Gasteiger charge is 2.33. The first-order chi connectivity index (χ1) is 9.97. The lowest BCUT2D eigenvalue weighted by molar-refractivity contribution is -0.137. The van der Waals surface area contributed by atoms with E-state index in [1.54, 1.807) is 22.9 Å². The summed E-state index contributed by atoms with van der Waals surface area (Å²) in [6.45, 7) is 6.44. The number of benzene rings is 1. The van der Waals surface area contributed by atoms with Gasteiger partial charge in [0.25, 0.3) is 0 Å². The summed E-state index contributed by atoms with van der Waals surface area (Å²) >= 11 is 0. The van der Waals surface area contributed by atoms with E-state index in [1.807, 2.05) is 19.9 Å². The van der Waals surface area contributed by atoms with Gasteiger partial charge >= 0.3 is 6.18 Å². The van der Waals surface area contributed by atoms with Gasteiger partial charge in [0.05, 0.1) is 11.3 Å². The van der Waals surface area contributed by atoms with E-state index in [1.165, 1.54) is 12.1 Å². The molecule has 114 valence electrons. The van der Waals surface area contributed by atoms with Gasteiger partial charge in [-0.1, -0.05) is 26.0 Å². The molecular weight excluding hydrogens is 277 g/mol. The molecule has 0 aliphatic carbocycles. The lowest BCUT2D eigenvalue weighted by Crippen LogP contribution is -2.23. The maximum absolute atomic E-state index is 13.1. The lowest BCUT2D eigenvalue weighted by atomic mass is 10.1. The molecule has 0 N–H and O–H groups in total. The Labute approximate surface area is 122 Å². The van der Waals surface area contributed by atoms with Gasteiger partial charge in [-0.2, -0.15) is 13.2 Å². The summed E-state index contributed by atoms with van der Waals surface area (Å²) in [6.07, 6.45) is -2.67. The number of hydrogen-bond acceptors (Lipinski definition) is 1. The molecule has 0 aliphatic heterocycles. The highest BCUT2D eigenvalue weighted by Crippen LogP contribution is 2.34. The highest BCUT2D eigenvalue weighted by molar-refractivity contribution is 5.44. The molecular formula is C16H19F3N2. The molecule has 2 aromatic rings. The van der Waals surface area contributed by atoms with Crippen LogP contribution in [0.25, 0.3) is 5.69 Å². The van der Waals surface area contributed by atoms with Crippen LogP contribution in [-0.4, -0.2) is 22.6 Å². The minimum absolute atomic E-state index is 0.178. The first kappa shape index (κ1) is 15.6. The molecule has 0 bridgehead atoms. The zero-order chi connectivity index (χ0) is 15.5. The molecule has 21 heavy (non-hydrogen) atoms. The van der Waals surface area contributed by atoms with Gasteiger partial charge in [0.2, 0.25) is 0 Å². The van der Waals surface area contributed by atoms with Crippen LogP contribution in [-0.2, 0) is 12.7 Å². The van der Waals surface area contributed by atoms with Crippen molar-refractivity contribution in [2.45, 2.75) is 26.6 Å². The van der Waals surface area contributed by atoms with Crippen LogP contribution in [0.2, 0.25) is 0 Å². The van der Waals surface area contributed by atoms with Crippen molar-refractivity contribution < 1.29 is 13.2 Å². The number of hydrogen-bond donors (Lipinski definition) is 0. The molecule has 1 heterocycles. The first-order valence-electron chi connectivity index (χ1n) is 7.02. The Morgan fingerprint density at radius 1 is 1.00 bits per heavy atom. The smallest absolute Gasteiger partial charge is 0.319 e. The second-order valence-electron chi connectivity index (χ2n) is 4.85. The standard InChI is InChI=1S/C16H19F3N2/c1-3-20(4-2)12-13-8-7-11-21(13)15-10-6-5-9-14(15)16(17,18)19/h5-11H,3-4,12H2,1-2H3. The van der Waals surface area contributed by atoms with Gasteiger partial charge in [-0.3, -0.25) is 4.90 Å². The number of alkyl halides is 3. The summed E-state index contributed by atoms with van der Waals surface area (Å²) in [5.41, 5.74) is 0.426. The van der Waals surface area contributed by atoms with Crippen molar-refractivity contribution in [3.63, 3.8) is 0 Å². The molecule has 0 amide bonds. The summed E-state index contributed by atoms with van der Waals surface area (Å²) in [4.78, 5) is 2.17. The Morgan fingerprint density at radius 3 is 2.29 bits per heavy atom. The summed E-state index contributed by atoms with van der Waals surface area (Å²) in [5, 5.41) is 0. The van der Waals surface area contributed by atoms with Crippen molar-refractivity contribution >= 4 is 0 Å². The van der Waals surface area contributed by atoms with Gasteiger partial charge in [0, 0.05) is 18.4 Å². The quantitative estimate of drug-likeness (QED) is 0.797. The SMILES string of the molecule is CCN(CC)Cc1cccn1-c1ccccc1C(F)(F)F. The zero-order valence-corrected chi connectivity index (χ0v) is 12.2. The zero-order valence-electron chi connectivity index (χ0n) is 12.2. The molecule has 1 aromatic heterocycles. The molecule has 2 rings (SSSR count). The topological polar surface area (TPSA) is 8.17 Å². The Kier molecular flexibility index (Phi) is 4.73. The van der Waals surface area contributed by atoms with E-state index in [0.29, 0.717) is 6.54 Å². The number of rotatable bonds is 5. The maximum Gasteiger partial charge on any atom is 0.418 e. The van der Waals surface area contributed by atoms with Gasteiger partial charge in [-0.05, 0) is 37.4 Å². The Bertz CT molecular complexity index is 583. The van der Waals surface area contributed by atoms with Crippen molar-refractivity contribution in [2.24, 2.45) is 0 Å². The summed E-state index contributed by atoms with van der Waals surface area (Å²) in [6, 6.07) is 9.33. The number of aromatic nitrogens is 1. The second kappa shape index (κ2) is 6.35. The predicted molar refractivity (Wildman–Crippen MR) is 77.4 cm³/mol. The third-order valence-electron chi connectivity index (χ3n) is 3.58. The van der Waals surface area contributed by atoms with Crippen molar-refractivity contribution in [3.8, 4) is 5.69 Å². The van der Waals surface area contributed by atoms with Gasteiger partial charge in [-0.15, -0.1) is 0 Å². The van der Waals surface area contributed by atoms with Crippen LogP contribution < -0.4 is 0 Å². The van der Waals surface area contributed by atoms with E-state index in [2.05, 4.69) is 4.90 Å². The Balaban J connectivity index is 2.43. The van der Waals surface area contributed by atoms with Crippen molar-refractivity contribution in [1.82, 2.24) is 9.47 Å². The van der Waals surface area contributed by atoms with Crippen LogP contribution in [0.15, 0.2) is 42.6 Å². The van der Waals surface area contributed by atoms with E-state index in [-0.39, 0.29) is 5.69 Å². The molecule has 0 unspecified atom stereocenters. The molecule has 1 aromatic carbocycles. The molecule has 0 saturated heterocycles. The minimum atomic E-state index is -4.35. The van der Waals surface area contributed by atoms with E-state index >= 15 is 0 Å². The molecule has 0 aliphatic rings. The Hall–Kier alpha value is -1.75. The van der Waals surface area contributed by atoms with E-state index in [0.717, 1.165) is 24.8 Å². The summed E-state index contributed by atoms with van der Waals surface area (Å²) in [5.74, 6) is 0. The first-order valence-corrected chi connectivity index (χ1v) is 7.02. The fourth-order valence-electron chi connectivity index (χ4n) is 2.38. The van der Waals surface area contributed by atoms with Crippen LogP contribution >= 0.6 is 0 Å². The lowest BCUT2D eigenvalue weighted by Gasteiger charge is -2.21. The van der Waals surface area contributed by atoms with Gasteiger partial charge < -0.3 is 4.57 Å². The third kappa shape index (κ3) is 3.47. The average Bonchev–Trinajstić information content (AvgIpc) is 2.91. The predicted octanol–water partition coefficient (Wildman–Crippen LogP) is 4.34. The van der Waals surface area contributed by atoms with Crippen LogP contribution in [0.3, 0.4) is 0 Å². The van der Waals surface area contributed by atoms with E-state index in [9.17, 15) is 13.2 Å². The fourth-order valence-corrected chi connectivity index (χ4v) is 2.38. The molecule has 5 heteroatoms. The van der Waals surface area contributed by atoms with Crippen molar-refractivity contribution in [2.75, 3.05) is 13.1 Å². The minimum Gasteiger partial charge on any atom is -0.319 e. The molecule has 0 radical (unpaired) electrons. The van der Waals surface area contributed by atoms with Gasteiger partial charge in [0.15, 0.2) is 0 Å². The van der Waals surface area contributed by atoms with E-state index in [4.69, 9.17) is 0 Å². The van der Waals surface area contributed by atoms with Crippen LogP contribution in [0.1, 0.15) is 25.1 Å². The van der Waals surface area contributed by atoms with Crippen LogP contribution in [0, 0.1) is 0 Å². The average molecular weight is 296 g/mol. The molecule has 0 spiro atoms. The van der Waals surface area contributed by atoms with Crippen LogP contribution in [0.5, 0.6) is 0 Å². The number of halogens is 3. The monoisotopic (exact) mass is 296 g/mol. The molecule has 0 atom stereocenters. The summed E-state index contributed by atoms with van der Waals surface area (Å²) < 4.78 is 41.1. The highest BCUT2D eigenvalue weighted by atomic mass is 19.4.